The van der Waals surface area contributed by atoms with E-state index in [4.69, 9.17) is 5.73 Å². The van der Waals surface area contributed by atoms with Crippen molar-refractivity contribution in [3.63, 3.8) is 0 Å². The fourth-order valence-corrected chi connectivity index (χ4v) is 2.07. The van der Waals surface area contributed by atoms with Crippen LogP contribution in [0.25, 0.3) is 0 Å². The van der Waals surface area contributed by atoms with Crippen molar-refractivity contribution in [2.24, 2.45) is 5.41 Å². The minimum absolute atomic E-state index is 0.0843. The van der Waals surface area contributed by atoms with Crippen molar-refractivity contribution >= 4 is 23.4 Å². The smallest absolute Gasteiger partial charge is 0.230 e. The molecule has 0 unspecified atom stereocenters. The van der Waals surface area contributed by atoms with Crippen LogP contribution in [0.4, 0.5) is 5.69 Å². The van der Waals surface area contributed by atoms with Gasteiger partial charge in [0.05, 0.1) is 5.75 Å². The molecule has 0 fully saturated rings. The van der Waals surface area contributed by atoms with E-state index in [9.17, 15) is 4.79 Å². The Balaban J connectivity index is 2.23. The average molecular weight is 266 g/mol. The maximum Gasteiger partial charge on any atom is 0.230 e. The molecule has 0 aromatic heterocycles. The van der Waals surface area contributed by atoms with E-state index < -0.39 is 0 Å². The minimum Gasteiger partial charge on any atom is -0.399 e. The van der Waals surface area contributed by atoms with Crippen molar-refractivity contribution < 1.29 is 4.79 Å². The number of carbonyl (C=O) groups is 1. The minimum atomic E-state index is 0.0843. The largest absolute Gasteiger partial charge is 0.399 e. The lowest BCUT2D eigenvalue weighted by Crippen LogP contribution is -2.28. The Morgan fingerprint density at radius 2 is 1.89 bits per heavy atom. The summed E-state index contributed by atoms with van der Waals surface area (Å²) < 4.78 is 0. The first-order valence-electron chi connectivity index (χ1n) is 6.12. The molecule has 0 heterocycles. The number of nitrogen functional groups attached to an aromatic ring is 1. The Labute approximate surface area is 114 Å². The van der Waals surface area contributed by atoms with Crippen molar-refractivity contribution in [3.05, 3.63) is 24.3 Å². The summed E-state index contributed by atoms with van der Waals surface area (Å²) in [6.07, 6.45) is 0.991. The van der Waals surface area contributed by atoms with Crippen LogP contribution >= 0.6 is 11.8 Å². The zero-order valence-corrected chi connectivity index (χ0v) is 12.1. The van der Waals surface area contributed by atoms with Crippen molar-refractivity contribution in [2.75, 3.05) is 18.0 Å². The molecule has 0 aliphatic rings. The lowest BCUT2D eigenvalue weighted by atomic mass is 9.92. The van der Waals surface area contributed by atoms with E-state index in [0.717, 1.165) is 23.5 Å². The summed E-state index contributed by atoms with van der Waals surface area (Å²) in [5.74, 6) is 0.537. The molecule has 0 radical (unpaired) electrons. The van der Waals surface area contributed by atoms with Crippen molar-refractivity contribution in [1.82, 2.24) is 5.32 Å². The van der Waals surface area contributed by atoms with Crippen LogP contribution in [-0.2, 0) is 4.79 Å². The van der Waals surface area contributed by atoms with Crippen molar-refractivity contribution in [1.29, 1.82) is 0 Å². The third kappa shape index (κ3) is 6.55. The maximum absolute atomic E-state index is 11.6. The van der Waals surface area contributed by atoms with Crippen LogP contribution in [-0.4, -0.2) is 18.2 Å². The highest BCUT2D eigenvalue weighted by atomic mass is 32.2. The number of amides is 1. The fraction of sp³-hybridized carbons (Fsp3) is 0.500. The second-order valence-electron chi connectivity index (χ2n) is 5.52. The third-order valence-corrected chi connectivity index (χ3v) is 3.46. The topological polar surface area (TPSA) is 55.1 Å². The van der Waals surface area contributed by atoms with Crippen molar-refractivity contribution in [3.8, 4) is 0 Å². The van der Waals surface area contributed by atoms with Gasteiger partial charge in [-0.25, -0.2) is 0 Å². The monoisotopic (exact) mass is 266 g/mol. The molecule has 1 aromatic carbocycles. The van der Waals surface area contributed by atoms with Gasteiger partial charge in [0.1, 0.15) is 0 Å². The van der Waals surface area contributed by atoms with Gasteiger partial charge >= 0.3 is 0 Å². The molecule has 1 rings (SSSR count). The summed E-state index contributed by atoms with van der Waals surface area (Å²) >= 11 is 1.53. The van der Waals surface area contributed by atoms with E-state index in [-0.39, 0.29) is 11.3 Å². The Morgan fingerprint density at radius 1 is 1.28 bits per heavy atom. The number of anilines is 1. The molecule has 0 spiro atoms. The second kappa shape index (κ2) is 6.69. The fourth-order valence-electron chi connectivity index (χ4n) is 1.34. The molecule has 1 aromatic rings. The van der Waals surface area contributed by atoms with E-state index in [0.29, 0.717) is 5.75 Å². The van der Waals surface area contributed by atoms with Gasteiger partial charge in [-0.15, -0.1) is 11.8 Å². The molecule has 4 heteroatoms. The summed E-state index contributed by atoms with van der Waals surface area (Å²) in [7, 11) is 0. The highest BCUT2D eigenvalue weighted by molar-refractivity contribution is 8.00. The van der Waals surface area contributed by atoms with E-state index in [1.165, 1.54) is 11.8 Å². The van der Waals surface area contributed by atoms with Gasteiger partial charge in [0.25, 0.3) is 0 Å². The first-order valence-corrected chi connectivity index (χ1v) is 7.10. The number of hydrogen-bond acceptors (Lipinski definition) is 3. The Kier molecular flexibility index (Phi) is 5.54. The predicted octanol–water partition coefficient (Wildman–Crippen LogP) is 2.91. The zero-order chi connectivity index (χ0) is 13.6. The molecular weight excluding hydrogens is 244 g/mol. The third-order valence-electron chi connectivity index (χ3n) is 2.45. The van der Waals surface area contributed by atoms with Gasteiger partial charge in [-0.3, -0.25) is 4.79 Å². The molecule has 1 amide bonds. The first-order chi connectivity index (χ1) is 8.37. The Bertz CT molecular complexity index is 382. The molecule has 0 bridgehead atoms. The van der Waals surface area contributed by atoms with E-state index in [1.807, 2.05) is 24.3 Å². The standard InChI is InChI=1S/C14H22N2OS/c1-14(2,3)8-9-16-13(17)10-18-12-6-4-11(15)5-7-12/h4-7H,8-10,15H2,1-3H3,(H,16,17). The van der Waals surface area contributed by atoms with Crippen LogP contribution in [0.15, 0.2) is 29.2 Å². The quantitative estimate of drug-likeness (QED) is 0.636. The van der Waals surface area contributed by atoms with E-state index >= 15 is 0 Å². The molecular formula is C14H22N2OS. The molecule has 0 aliphatic heterocycles. The first kappa shape index (κ1) is 14.9. The summed E-state index contributed by atoms with van der Waals surface area (Å²) in [5, 5.41) is 2.94. The van der Waals surface area contributed by atoms with E-state index in [1.54, 1.807) is 0 Å². The van der Waals surface area contributed by atoms with Gasteiger partial charge in [0.2, 0.25) is 5.91 Å². The Hall–Kier alpha value is -1.16. The molecule has 0 atom stereocenters. The van der Waals surface area contributed by atoms with Crippen molar-refractivity contribution in [2.45, 2.75) is 32.1 Å². The highest BCUT2D eigenvalue weighted by Crippen LogP contribution is 2.19. The summed E-state index contributed by atoms with van der Waals surface area (Å²) in [5.41, 5.74) is 6.61. The number of benzene rings is 1. The zero-order valence-electron chi connectivity index (χ0n) is 11.3. The van der Waals surface area contributed by atoms with Crippen LogP contribution < -0.4 is 11.1 Å². The molecule has 0 saturated heterocycles. The number of thioether (sulfide) groups is 1. The van der Waals surface area contributed by atoms with E-state index in [2.05, 4.69) is 26.1 Å². The number of nitrogens with one attached hydrogen (secondary N) is 1. The number of nitrogens with two attached hydrogens (primary N) is 1. The lowest BCUT2D eigenvalue weighted by molar-refractivity contribution is -0.118. The summed E-state index contributed by atoms with van der Waals surface area (Å²) in [6, 6.07) is 7.56. The lowest BCUT2D eigenvalue weighted by Gasteiger charge is -2.17. The van der Waals surface area contributed by atoms with Crippen LogP contribution in [0, 0.1) is 5.41 Å². The summed E-state index contributed by atoms with van der Waals surface area (Å²) in [6.45, 7) is 7.25. The SMILES string of the molecule is CC(C)(C)CCNC(=O)CSc1ccc(N)cc1. The molecule has 0 aliphatic carbocycles. The second-order valence-corrected chi connectivity index (χ2v) is 6.57. The highest BCUT2D eigenvalue weighted by Gasteiger charge is 2.10. The number of rotatable bonds is 5. The van der Waals surface area contributed by atoms with Gasteiger partial charge in [0, 0.05) is 17.1 Å². The summed E-state index contributed by atoms with van der Waals surface area (Å²) in [4.78, 5) is 12.7. The molecule has 3 N–H and O–H groups in total. The molecule has 0 saturated carbocycles. The van der Waals surface area contributed by atoms with Gasteiger partial charge < -0.3 is 11.1 Å². The van der Waals surface area contributed by atoms with Gasteiger partial charge in [0.15, 0.2) is 0 Å². The molecule has 18 heavy (non-hydrogen) atoms. The number of hydrogen-bond donors (Lipinski definition) is 2. The van der Waals surface area contributed by atoms with Crippen LogP contribution in [0.5, 0.6) is 0 Å². The normalized spacial score (nSPS) is 11.3. The Morgan fingerprint density at radius 3 is 2.44 bits per heavy atom. The molecule has 100 valence electrons. The molecule has 3 nitrogen and oxygen atoms in total. The van der Waals surface area contributed by atoms with Crippen LogP contribution in [0.1, 0.15) is 27.2 Å². The predicted molar refractivity (Wildman–Crippen MR) is 78.7 cm³/mol. The number of carbonyl (C=O) groups excluding carboxylic acids is 1. The van der Waals surface area contributed by atoms with Gasteiger partial charge in [-0.05, 0) is 36.1 Å². The average Bonchev–Trinajstić information content (AvgIpc) is 2.26. The van der Waals surface area contributed by atoms with Gasteiger partial charge in [-0.1, -0.05) is 20.8 Å². The maximum atomic E-state index is 11.6. The van der Waals surface area contributed by atoms with Crippen LogP contribution in [0.2, 0.25) is 0 Å². The van der Waals surface area contributed by atoms with Gasteiger partial charge in [-0.2, -0.15) is 0 Å². The van der Waals surface area contributed by atoms with Crippen LogP contribution in [0.3, 0.4) is 0 Å².